The van der Waals surface area contributed by atoms with Gasteiger partial charge in [-0.25, -0.2) is 4.79 Å². The lowest BCUT2D eigenvalue weighted by Crippen LogP contribution is -2.52. The van der Waals surface area contributed by atoms with Crippen LogP contribution >= 0.6 is 0 Å². The monoisotopic (exact) mass is 470 g/mol. The summed E-state index contributed by atoms with van der Waals surface area (Å²) < 4.78 is 0. The predicted molar refractivity (Wildman–Crippen MR) is 139 cm³/mol. The van der Waals surface area contributed by atoms with Crippen molar-refractivity contribution in [3.8, 4) is 0 Å². The zero-order valence-electron chi connectivity index (χ0n) is 20.7. The molecule has 1 fully saturated rings. The molecule has 1 aliphatic heterocycles. The molecule has 1 aliphatic rings. The van der Waals surface area contributed by atoms with Crippen LogP contribution in [0.3, 0.4) is 0 Å². The second-order valence-corrected chi connectivity index (χ2v) is 10.3. The lowest BCUT2D eigenvalue weighted by atomic mass is 9.86. The second-order valence-electron chi connectivity index (χ2n) is 10.3. The number of hydrogen-bond acceptors (Lipinski definition) is 3. The van der Waals surface area contributed by atoms with Crippen molar-refractivity contribution in [2.45, 2.75) is 38.8 Å². The van der Waals surface area contributed by atoms with Crippen LogP contribution in [0.1, 0.15) is 53.9 Å². The van der Waals surface area contributed by atoms with Gasteiger partial charge in [0.05, 0.1) is 6.04 Å². The first-order chi connectivity index (χ1) is 16.7. The molecule has 5 nitrogen and oxygen atoms in total. The van der Waals surface area contributed by atoms with Crippen LogP contribution < -0.4 is 0 Å². The maximum atomic E-state index is 13.2. The van der Waals surface area contributed by atoms with Crippen LogP contribution in [0.2, 0.25) is 0 Å². The summed E-state index contributed by atoms with van der Waals surface area (Å²) in [4.78, 5) is 28.5. The molecule has 0 saturated carbocycles. The number of amides is 1. The number of carbonyl (C=O) groups excluding carboxylic acids is 1. The molecule has 182 valence electrons. The van der Waals surface area contributed by atoms with Crippen molar-refractivity contribution < 1.29 is 14.7 Å². The highest BCUT2D eigenvalue weighted by molar-refractivity contribution is 5.98. The average molecular weight is 471 g/mol. The van der Waals surface area contributed by atoms with Crippen LogP contribution in [0.5, 0.6) is 0 Å². The van der Waals surface area contributed by atoms with Gasteiger partial charge in [-0.1, -0.05) is 84.9 Å². The van der Waals surface area contributed by atoms with E-state index in [-0.39, 0.29) is 17.7 Å². The molecule has 1 N–H and O–H groups in total. The Labute approximate surface area is 208 Å². The van der Waals surface area contributed by atoms with Crippen LogP contribution in [-0.4, -0.2) is 52.0 Å². The number of benzene rings is 3. The van der Waals surface area contributed by atoms with Gasteiger partial charge in [0.2, 0.25) is 0 Å². The smallest absolute Gasteiger partial charge is 0.407 e. The molecule has 0 spiro atoms. The number of ketones is 1. The normalized spacial score (nSPS) is 14.5. The highest BCUT2D eigenvalue weighted by Gasteiger charge is 2.38. The molecule has 4 rings (SSSR count). The fourth-order valence-electron chi connectivity index (χ4n) is 4.80. The Morgan fingerprint density at radius 1 is 0.886 bits per heavy atom. The average Bonchev–Trinajstić information content (AvgIpc) is 2.81. The van der Waals surface area contributed by atoms with E-state index in [1.165, 1.54) is 16.0 Å². The zero-order valence-corrected chi connectivity index (χ0v) is 20.7. The molecule has 3 aromatic rings. The summed E-state index contributed by atoms with van der Waals surface area (Å²) in [6.45, 7) is 7.56. The summed E-state index contributed by atoms with van der Waals surface area (Å²) in [5, 5.41) is 9.48. The van der Waals surface area contributed by atoms with Crippen molar-refractivity contribution in [3.63, 3.8) is 0 Å². The largest absolute Gasteiger partial charge is 0.465 e. The molecule has 0 radical (unpaired) electrons. The fraction of sp³-hybridized carbons (Fsp3) is 0.333. The van der Waals surface area contributed by atoms with E-state index in [4.69, 9.17) is 0 Å². The topological polar surface area (TPSA) is 60.9 Å². The molecule has 0 aromatic heterocycles. The number of rotatable bonds is 8. The molecule has 0 unspecified atom stereocenters. The minimum absolute atomic E-state index is 0.0147. The van der Waals surface area contributed by atoms with E-state index in [2.05, 4.69) is 53.4 Å². The first-order valence-corrected chi connectivity index (χ1v) is 12.2. The SMILES string of the molecule is CC(C)(C)N(CCc1ccc(C(=O)C2CN(C(c3ccccc3)c3ccccc3)C2)cc1)C(=O)O. The molecule has 0 atom stereocenters. The van der Waals surface area contributed by atoms with E-state index in [0.29, 0.717) is 13.0 Å². The molecule has 5 heteroatoms. The molecular weight excluding hydrogens is 436 g/mol. The van der Waals surface area contributed by atoms with E-state index in [9.17, 15) is 14.7 Å². The number of Topliss-reactive ketones (excluding diaryl/α,β-unsaturated/α-hetero) is 1. The summed E-state index contributed by atoms with van der Waals surface area (Å²) >= 11 is 0. The summed E-state index contributed by atoms with van der Waals surface area (Å²) in [7, 11) is 0. The van der Waals surface area contributed by atoms with Crippen LogP contribution in [0.15, 0.2) is 84.9 Å². The van der Waals surface area contributed by atoms with Gasteiger partial charge in [-0.05, 0) is 43.9 Å². The summed E-state index contributed by atoms with van der Waals surface area (Å²) in [5.41, 5.74) is 3.77. The molecule has 0 bridgehead atoms. The Bertz CT molecular complexity index is 1090. The molecule has 1 saturated heterocycles. The first kappa shape index (κ1) is 24.7. The Kier molecular flexibility index (Phi) is 7.37. The minimum Gasteiger partial charge on any atom is -0.465 e. The van der Waals surface area contributed by atoms with Gasteiger partial charge in [0.25, 0.3) is 0 Å². The highest BCUT2D eigenvalue weighted by atomic mass is 16.4. The molecule has 1 heterocycles. The van der Waals surface area contributed by atoms with Gasteiger partial charge >= 0.3 is 6.09 Å². The summed E-state index contributed by atoms with van der Waals surface area (Å²) in [6, 6.07) is 28.7. The van der Waals surface area contributed by atoms with Gasteiger partial charge in [0, 0.05) is 36.7 Å². The fourth-order valence-corrected chi connectivity index (χ4v) is 4.80. The van der Waals surface area contributed by atoms with Gasteiger partial charge < -0.3 is 10.0 Å². The Morgan fingerprint density at radius 3 is 1.86 bits per heavy atom. The van der Waals surface area contributed by atoms with Gasteiger partial charge in [-0.15, -0.1) is 0 Å². The second kappa shape index (κ2) is 10.4. The van der Waals surface area contributed by atoms with E-state index in [1.54, 1.807) is 0 Å². The Hall–Kier alpha value is -3.44. The highest BCUT2D eigenvalue weighted by Crippen LogP contribution is 2.35. The first-order valence-electron chi connectivity index (χ1n) is 12.2. The van der Waals surface area contributed by atoms with Gasteiger partial charge in [0.15, 0.2) is 5.78 Å². The van der Waals surface area contributed by atoms with Crippen molar-refractivity contribution in [1.82, 2.24) is 9.80 Å². The van der Waals surface area contributed by atoms with Crippen molar-refractivity contribution in [3.05, 3.63) is 107 Å². The van der Waals surface area contributed by atoms with Crippen molar-refractivity contribution in [2.24, 2.45) is 5.92 Å². The number of nitrogens with zero attached hydrogens (tertiary/aromatic N) is 2. The van der Waals surface area contributed by atoms with E-state index in [0.717, 1.165) is 24.2 Å². The van der Waals surface area contributed by atoms with Crippen molar-refractivity contribution >= 4 is 11.9 Å². The van der Waals surface area contributed by atoms with E-state index >= 15 is 0 Å². The van der Waals surface area contributed by atoms with Crippen molar-refractivity contribution in [1.29, 1.82) is 0 Å². The molecular formula is C30H34N2O3. The van der Waals surface area contributed by atoms with Gasteiger partial charge in [-0.2, -0.15) is 0 Å². The van der Waals surface area contributed by atoms with E-state index < -0.39 is 11.6 Å². The standard InChI is InChI=1S/C30H34N2O3/c1-30(2,3)32(29(34)35)19-18-22-14-16-25(17-15-22)28(33)26-20-31(21-26)27(23-10-6-4-7-11-23)24-12-8-5-9-13-24/h4-17,26-27H,18-21H2,1-3H3,(H,34,35). The van der Waals surface area contributed by atoms with Crippen LogP contribution in [0.4, 0.5) is 4.79 Å². The third-order valence-electron chi connectivity index (χ3n) is 6.78. The third kappa shape index (κ3) is 5.80. The zero-order chi connectivity index (χ0) is 25.0. The lowest BCUT2D eigenvalue weighted by molar-refractivity contribution is 0.0503. The Morgan fingerprint density at radius 2 is 1.40 bits per heavy atom. The number of hydrogen-bond donors (Lipinski definition) is 1. The van der Waals surface area contributed by atoms with Crippen LogP contribution in [-0.2, 0) is 6.42 Å². The number of carbonyl (C=O) groups is 2. The maximum absolute atomic E-state index is 13.2. The molecule has 1 amide bonds. The van der Waals surface area contributed by atoms with Crippen molar-refractivity contribution in [2.75, 3.05) is 19.6 Å². The molecule has 3 aromatic carbocycles. The third-order valence-corrected chi connectivity index (χ3v) is 6.78. The maximum Gasteiger partial charge on any atom is 0.407 e. The number of carboxylic acid groups (broad SMARTS) is 1. The minimum atomic E-state index is -0.914. The lowest BCUT2D eigenvalue weighted by Gasteiger charge is -2.44. The van der Waals surface area contributed by atoms with Gasteiger partial charge in [0.1, 0.15) is 0 Å². The molecule has 35 heavy (non-hydrogen) atoms. The summed E-state index contributed by atoms with van der Waals surface area (Å²) in [6.07, 6.45) is -0.298. The van der Waals surface area contributed by atoms with E-state index in [1.807, 2.05) is 57.2 Å². The van der Waals surface area contributed by atoms with Crippen LogP contribution in [0.25, 0.3) is 0 Å². The Balaban J connectivity index is 1.38. The number of likely N-dealkylation sites (tertiary alicyclic amines) is 1. The quantitative estimate of drug-likeness (QED) is 0.416. The van der Waals surface area contributed by atoms with Gasteiger partial charge in [-0.3, -0.25) is 9.69 Å². The predicted octanol–water partition coefficient (Wildman–Crippen LogP) is 5.91. The van der Waals surface area contributed by atoms with Crippen LogP contribution in [0, 0.1) is 5.92 Å². The summed E-state index contributed by atoms with van der Waals surface area (Å²) in [5.74, 6) is 0.161. The molecule has 0 aliphatic carbocycles.